The highest BCUT2D eigenvalue weighted by Crippen LogP contribution is 2.34. The minimum absolute atomic E-state index is 0.110. The van der Waals surface area contributed by atoms with Crippen LogP contribution >= 0.6 is 0 Å². The molecule has 3 rings (SSSR count). The number of nitrogens with zero attached hydrogens (tertiary/aromatic N) is 3. The topological polar surface area (TPSA) is 101 Å². The van der Waals surface area contributed by atoms with Crippen molar-refractivity contribution < 1.29 is 14.7 Å². The number of amides is 1. The van der Waals surface area contributed by atoms with Crippen molar-refractivity contribution in [3.8, 4) is 0 Å². The first-order valence-electron chi connectivity index (χ1n) is 6.68. The molecule has 1 aliphatic rings. The highest BCUT2D eigenvalue weighted by molar-refractivity contribution is 5.93. The van der Waals surface area contributed by atoms with Crippen LogP contribution in [0, 0.1) is 5.41 Å². The van der Waals surface area contributed by atoms with Crippen molar-refractivity contribution >= 4 is 23.3 Å². The Morgan fingerprint density at radius 2 is 2.19 bits per heavy atom. The highest BCUT2D eigenvalue weighted by Gasteiger charge is 2.41. The molecule has 21 heavy (non-hydrogen) atoms. The second-order valence-corrected chi connectivity index (χ2v) is 5.61. The van der Waals surface area contributed by atoms with Gasteiger partial charge in [-0.3, -0.25) is 9.20 Å². The molecule has 0 spiro atoms. The molecule has 7 heteroatoms. The summed E-state index contributed by atoms with van der Waals surface area (Å²) in [4.78, 5) is 29.3. The number of carbonyl (C=O) groups excluding carboxylic acids is 1. The zero-order valence-corrected chi connectivity index (χ0v) is 11.6. The van der Waals surface area contributed by atoms with E-state index in [9.17, 15) is 14.7 Å². The zero-order valence-electron chi connectivity index (χ0n) is 11.6. The molecule has 3 heterocycles. The van der Waals surface area contributed by atoms with Crippen molar-refractivity contribution in [2.45, 2.75) is 13.3 Å². The van der Waals surface area contributed by atoms with Gasteiger partial charge in [-0.05, 0) is 25.5 Å². The maximum absolute atomic E-state index is 11.6. The van der Waals surface area contributed by atoms with Gasteiger partial charge >= 0.3 is 5.97 Å². The van der Waals surface area contributed by atoms with E-state index in [0.717, 1.165) is 0 Å². The van der Waals surface area contributed by atoms with Crippen LogP contribution in [0.3, 0.4) is 0 Å². The van der Waals surface area contributed by atoms with Crippen LogP contribution in [0.15, 0.2) is 24.4 Å². The quantitative estimate of drug-likeness (QED) is 0.867. The Labute approximate surface area is 121 Å². The lowest BCUT2D eigenvalue weighted by Crippen LogP contribution is -2.37. The zero-order chi connectivity index (χ0) is 15.2. The van der Waals surface area contributed by atoms with Crippen molar-refractivity contribution in [1.29, 1.82) is 0 Å². The molecule has 0 aromatic carbocycles. The third kappa shape index (κ3) is 2.01. The van der Waals surface area contributed by atoms with Gasteiger partial charge < -0.3 is 15.7 Å². The van der Waals surface area contributed by atoms with Gasteiger partial charge in [0.25, 0.3) is 0 Å². The third-order valence-electron chi connectivity index (χ3n) is 4.08. The summed E-state index contributed by atoms with van der Waals surface area (Å²) < 4.78 is 1.54. The number of anilines is 1. The number of pyridine rings is 1. The molecule has 0 radical (unpaired) electrons. The molecule has 0 saturated carbocycles. The van der Waals surface area contributed by atoms with Gasteiger partial charge in [0.2, 0.25) is 5.91 Å². The van der Waals surface area contributed by atoms with Crippen LogP contribution in [0.25, 0.3) is 5.65 Å². The first-order valence-corrected chi connectivity index (χ1v) is 6.68. The molecule has 2 aromatic rings. The third-order valence-corrected chi connectivity index (χ3v) is 4.08. The van der Waals surface area contributed by atoms with E-state index in [1.54, 1.807) is 31.3 Å². The molecule has 1 amide bonds. The Bertz CT molecular complexity index is 739. The minimum atomic E-state index is -1.05. The molecular weight excluding hydrogens is 272 g/mol. The maximum Gasteiger partial charge on any atom is 0.356 e. The van der Waals surface area contributed by atoms with E-state index >= 15 is 0 Å². The lowest BCUT2D eigenvalue weighted by molar-refractivity contribution is -0.125. The van der Waals surface area contributed by atoms with Gasteiger partial charge in [-0.15, -0.1) is 0 Å². The largest absolute Gasteiger partial charge is 0.476 e. The number of fused-ring (bicyclic) bond motifs is 1. The molecule has 1 fully saturated rings. The second kappa shape index (κ2) is 4.47. The van der Waals surface area contributed by atoms with Gasteiger partial charge in [0.1, 0.15) is 5.65 Å². The van der Waals surface area contributed by atoms with Crippen LogP contribution in [-0.4, -0.2) is 39.5 Å². The van der Waals surface area contributed by atoms with Gasteiger partial charge in [0.15, 0.2) is 11.5 Å². The molecule has 2 aromatic heterocycles. The number of aromatic nitrogens is 2. The average molecular weight is 288 g/mol. The van der Waals surface area contributed by atoms with Gasteiger partial charge in [0, 0.05) is 19.3 Å². The smallest absolute Gasteiger partial charge is 0.356 e. The predicted octanol–water partition coefficient (Wildman–Crippen LogP) is 0.734. The molecule has 3 N–H and O–H groups in total. The number of carbonyl (C=O) groups is 2. The first kappa shape index (κ1) is 13.4. The van der Waals surface area contributed by atoms with Crippen LogP contribution in [0.5, 0.6) is 0 Å². The van der Waals surface area contributed by atoms with Gasteiger partial charge in [-0.25, -0.2) is 9.78 Å². The molecule has 1 unspecified atom stereocenters. The fraction of sp³-hybridized carbons (Fsp3) is 0.357. The lowest BCUT2D eigenvalue weighted by atomic mass is 9.89. The predicted molar refractivity (Wildman–Crippen MR) is 76.3 cm³/mol. The molecular formula is C14H16N4O3. The standard InChI is InChI=1S/C14H16N4O3/c1-14(13(15)21)5-7-17(8-14)11-10(12(19)20)18-6-3-2-4-9(18)16-11/h2-4,6H,5,7-8H2,1H3,(H2,15,21)(H,19,20). The Balaban J connectivity index is 2.07. The van der Waals surface area contributed by atoms with Gasteiger partial charge in [0.05, 0.1) is 5.41 Å². The van der Waals surface area contributed by atoms with Crippen LogP contribution < -0.4 is 10.6 Å². The number of primary amides is 1. The monoisotopic (exact) mass is 288 g/mol. The summed E-state index contributed by atoms with van der Waals surface area (Å²) in [5, 5.41) is 9.47. The summed E-state index contributed by atoms with van der Waals surface area (Å²) in [7, 11) is 0. The SMILES string of the molecule is CC1(C(N)=O)CCN(c2nc3ccccn3c2C(=O)O)C1. The summed E-state index contributed by atoms with van der Waals surface area (Å²) in [6.07, 6.45) is 2.26. The summed E-state index contributed by atoms with van der Waals surface area (Å²) in [6.45, 7) is 2.74. The Morgan fingerprint density at radius 1 is 1.43 bits per heavy atom. The Hall–Kier alpha value is -2.57. The van der Waals surface area contributed by atoms with Crippen molar-refractivity contribution in [2.24, 2.45) is 11.1 Å². The Kier molecular flexibility index (Phi) is 2.86. The maximum atomic E-state index is 11.6. The normalized spacial score (nSPS) is 21.9. The molecule has 1 saturated heterocycles. The highest BCUT2D eigenvalue weighted by atomic mass is 16.4. The van der Waals surface area contributed by atoms with E-state index in [4.69, 9.17) is 5.73 Å². The van der Waals surface area contributed by atoms with E-state index in [2.05, 4.69) is 4.98 Å². The van der Waals surface area contributed by atoms with Crippen molar-refractivity contribution in [1.82, 2.24) is 9.38 Å². The van der Waals surface area contributed by atoms with E-state index in [1.807, 2.05) is 4.90 Å². The lowest BCUT2D eigenvalue weighted by Gasteiger charge is -2.21. The second-order valence-electron chi connectivity index (χ2n) is 5.61. The fourth-order valence-corrected chi connectivity index (χ4v) is 2.75. The molecule has 1 aliphatic heterocycles. The van der Waals surface area contributed by atoms with Gasteiger partial charge in [-0.1, -0.05) is 6.07 Å². The summed E-state index contributed by atoms with van der Waals surface area (Å²) >= 11 is 0. The van der Waals surface area contributed by atoms with Crippen molar-refractivity contribution in [3.05, 3.63) is 30.1 Å². The summed E-state index contributed by atoms with van der Waals surface area (Å²) in [5.41, 5.74) is 5.47. The number of imidazole rings is 1. The van der Waals surface area contributed by atoms with Crippen LogP contribution in [-0.2, 0) is 4.79 Å². The van der Waals surface area contributed by atoms with E-state index < -0.39 is 11.4 Å². The number of carboxylic acids is 1. The molecule has 7 nitrogen and oxygen atoms in total. The minimum Gasteiger partial charge on any atom is -0.476 e. The van der Waals surface area contributed by atoms with Crippen molar-refractivity contribution in [3.63, 3.8) is 0 Å². The summed E-state index contributed by atoms with van der Waals surface area (Å²) in [5.74, 6) is -1.03. The van der Waals surface area contributed by atoms with Crippen LogP contribution in [0.1, 0.15) is 23.8 Å². The number of aromatic carboxylic acids is 1. The number of hydrogen-bond acceptors (Lipinski definition) is 4. The summed E-state index contributed by atoms with van der Waals surface area (Å²) in [6, 6.07) is 5.30. The van der Waals surface area contributed by atoms with Crippen LogP contribution in [0.2, 0.25) is 0 Å². The van der Waals surface area contributed by atoms with Crippen LogP contribution in [0.4, 0.5) is 5.82 Å². The number of hydrogen-bond donors (Lipinski definition) is 2. The molecule has 110 valence electrons. The van der Waals surface area contributed by atoms with E-state index in [-0.39, 0.29) is 11.6 Å². The number of nitrogens with two attached hydrogens (primary N) is 1. The average Bonchev–Trinajstić information content (AvgIpc) is 3.00. The Morgan fingerprint density at radius 3 is 2.81 bits per heavy atom. The van der Waals surface area contributed by atoms with Crippen molar-refractivity contribution in [2.75, 3.05) is 18.0 Å². The molecule has 0 aliphatic carbocycles. The number of carboxylic acid groups (broad SMARTS) is 1. The fourth-order valence-electron chi connectivity index (χ4n) is 2.75. The number of rotatable bonds is 3. The molecule has 1 atom stereocenters. The first-order chi connectivity index (χ1) is 9.92. The van der Waals surface area contributed by atoms with Gasteiger partial charge in [-0.2, -0.15) is 0 Å². The molecule has 0 bridgehead atoms. The van der Waals surface area contributed by atoms with E-state index in [0.29, 0.717) is 31.0 Å². The van der Waals surface area contributed by atoms with E-state index in [1.165, 1.54) is 4.40 Å².